The Morgan fingerprint density at radius 2 is 1.74 bits per heavy atom. The fraction of sp³-hybridized carbons (Fsp3) is 0.389. The first kappa shape index (κ1) is 19.4. The zero-order valence-corrected chi connectivity index (χ0v) is 14.5. The number of nitrogens with zero attached hydrogens (tertiary/aromatic N) is 2. The van der Waals surface area contributed by atoms with E-state index in [1.165, 1.54) is 29.0 Å². The van der Waals surface area contributed by atoms with Crippen molar-refractivity contribution in [3.63, 3.8) is 0 Å². The lowest BCUT2D eigenvalue weighted by molar-refractivity contribution is -0.140. The van der Waals surface area contributed by atoms with Gasteiger partial charge in [0.2, 0.25) is 0 Å². The zero-order valence-electron chi connectivity index (χ0n) is 14.5. The number of halogens is 3. The predicted octanol–water partition coefficient (Wildman–Crippen LogP) is 1.79. The van der Waals surface area contributed by atoms with Gasteiger partial charge in [-0.3, -0.25) is 9.69 Å². The van der Waals surface area contributed by atoms with Gasteiger partial charge in [0.05, 0.1) is 24.2 Å². The van der Waals surface area contributed by atoms with Crippen LogP contribution in [0, 0.1) is 0 Å². The van der Waals surface area contributed by atoms with Crippen molar-refractivity contribution in [3.05, 3.63) is 46.4 Å². The smallest absolute Gasteiger partial charge is 0.395 e. The van der Waals surface area contributed by atoms with Gasteiger partial charge < -0.3 is 19.8 Å². The van der Waals surface area contributed by atoms with Crippen molar-refractivity contribution in [1.82, 2.24) is 14.5 Å². The highest BCUT2D eigenvalue weighted by Crippen LogP contribution is 2.37. The van der Waals surface area contributed by atoms with Crippen LogP contribution in [0.5, 0.6) is 0 Å². The Balaban J connectivity index is 2.18. The molecule has 6 nitrogen and oxygen atoms in total. The number of benzene rings is 1. The molecule has 0 atom stereocenters. The van der Waals surface area contributed by atoms with Crippen molar-refractivity contribution >= 4 is 21.8 Å². The number of pyridine rings is 1. The van der Waals surface area contributed by atoms with Gasteiger partial charge in [-0.05, 0) is 18.2 Å². The third-order valence-electron chi connectivity index (χ3n) is 4.55. The number of aliphatic hydroxyl groups excluding tert-OH is 2. The molecule has 0 saturated carbocycles. The number of rotatable bonds is 7. The SMILES string of the molecule is O=c1ccc2c3cc[nH]c(C(F)(F)F)c3n(CCN(CCO)CCO)c2c1. The summed E-state index contributed by atoms with van der Waals surface area (Å²) in [7, 11) is 0. The summed E-state index contributed by atoms with van der Waals surface area (Å²) in [5, 5.41) is 19.2. The predicted molar refractivity (Wildman–Crippen MR) is 95.7 cm³/mol. The van der Waals surface area contributed by atoms with Crippen LogP contribution in [0.2, 0.25) is 0 Å². The van der Waals surface area contributed by atoms with Gasteiger partial charge in [0.15, 0.2) is 5.43 Å². The maximum Gasteiger partial charge on any atom is 0.433 e. The lowest BCUT2D eigenvalue weighted by atomic mass is 10.1. The van der Waals surface area contributed by atoms with Crippen molar-refractivity contribution in [2.24, 2.45) is 0 Å². The highest BCUT2D eigenvalue weighted by atomic mass is 19.4. The van der Waals surface area contributed by atoms with Gasteiger partial charge in [-0.25, -0.2) is 0 Å². The molecule has 0 aliphatic rings. The van der Waals surface area contributed by atoms with Crippen molar-refractivity contribution in [2.75, 3.05) is 32.8 Å². The minimum atomic E-state index is -4.58. The minimum absolute atomic E-state index is 0.0152. The number of hydrogen-bond acceptors (Lipinski definition) is 4. The third kappa shape index (κ3) is 3.85. The Bertz CT molecular complexity index is 988. The van der Waals surface area contributed by atoms with Crippen LogP contribution >= 0.6 is 0 Å². The van der Waals surface area contributed by atoms with Crippen molar-refractivity contribution < 1.29 is 23.4 Å². The van der Waals surface area contributed by atoms with E-state index < -0.39 is 11.9 Å². The van der Waals surface area contributed by atoms with Gasteiger partial charge >= 0.3 is 6.18 Å². The highest BCUT2D eigenvalue weighted by molar-refractivity contribution is 6.08. The van der Waals surface area contributed by atoms with E-state index in [9.17, 15) is 18.0 Å². The molecule has 0 spiro atoms. The topological polar surface area (TPSA) is 81.5 Å². The number of hydrogen-bond donors (Lipinski definition) is 3. The molecule has 0 aliphatic carbocycles. The summed E-state index contributed by atoms with van der Waals surface area (Å²) >= 11 is 0. The van der Waals surface area contributed by atoms with E-state index in [2.05, 4.69) is 4.98 Å². The lowest BCUT2D eigenvalue weighted by Gasteiger charge is -2.21. The second-order valence-corrected chi connectivity index (χ2v) is 6.23. The van der Waals surface area contributed by atoms with E-state index in [0.717, 1.165) is 0 Å². The molecule has 0 fully saturated rings. The number of alkyl halides is 3. The van der Waals surface area contributed by atoms with Crippen LogP contribution in [-0.2, 0) is 12.7 Å². The number of aliphatic hydroxyl groups is 2. The maximum absolute atomic E-state index is 13.6. The number of H-pyrrole nitrogens is 1. The van der Waals surface area contributed by atoms with Crippen molar-refractivity contribution in [2.45, 2.75) is 12.7 Å². The van der Waals surface area contributed by atoms with E-state index in [4.69, 9.17) is 10.2 Å². The monoisotopic (exact) mass is 383 g/mol. The molecule has 0 saturated heterocycles. The standard InChI is InChI=1S/C18H20F3N3O3/c19-18(20,21)17-16-14(3-4-22-17)13-2-1-12(27)11-15(13)24(16)6-5-23(7-9-25)8-10-26/h1-4,11,22,25-26H,5-10H2. The fourth-order valence-electron chi connectivity index (χ4n) is 3.38. The molecular formula is C18H20F3N3O3. The summed E-state index contributed by atoms with van der Waals surface area (Å²) in [5.41, 5.74) is -0.750. The lowest BCUT2D eigenvalue weighted by Crippen LogP contribution is -2.33. The molecule has 3 aromatic rings. The summed E-state index contributed by atoms with van der Waals surface area (Å²) in [6.45, 7) is 0.824. The van der Waals surface area contributed by atoms with Crippen LogP contribution in [0.15, 0.2) is 35.3 Å². The molecular weight excluding hydrogens is 363 g/mol. The summed E-state index contributed by atoms with van der Waals surface area (Å²) in [6, 6.07) is 5.76. The second kappa shape index (κ2) is 7.71. The quantitative estimate of drug-likeness (QED) is 0.581. The molecule has 9 heteroatoms. The van der Waals surface area contributed by atoms with E-state index in [0.29, 0.717) is 35.9 Å². The molecule has 0 unspecified atom stereocenters. The third-order valence-corrected chi connectivity index (χ3v) is 4.55. The molecule has 0 amide bonds. The summed E-state index contributed by atoms with van der Waals surface area (Å²) in [6.07, 6.45) is -3.34. The molecule has 3 N–H and O–H groups in total. The van der Waals surface area contributed by atoms with Crippen LogP contribution in [0.1, 0.15) is 5.69 Å². The van der Waals surface area contributed by atoms with Crippen molar-refractivity contribution in [1.29, 1.82) is 0 Å². The van der Waals surface area contributed by atoms with E-state index in [1.807, 2.05) is 0 Å². The minimum Gasteiger partial charge on any atom is -0.395 e. The van der Waals surface area contributed by atoms with Gasteiger partial charge in [0, 0.05) is 49.2 Å². The van der Waals surface area contributed by atoms with Crippen LogP contribution in [0.25, 0.3) is 21.8 Å². The molecule has 0 aliphatic heterocycles. The summed E-state index contributed by atoms with van der Waals surface area (Å²) in [5.74, 6) is 0. The van der Waals surface area contributed by atoms with Crippen LogP contribution in [0.3, 0.4) is 0 Å². The van der Waals surface area contributed by atoms with Crippen LogP contribution in [-0.4, -0.2) is 57.5 Å². The number of fused-ring (bicyclic) bond motifs is 3. The molecule has 3 rings (SSSR count). The molecule has 27 heavy (non-hydrogen) atoms. The van der Waals surface area contributed by atoms with Gasteiger partial charge in [0.1, 0.15) is 5.69 Å². The molecule has 0 bridgehead atoms. The molecule has 2 heterocycles. The summed E-state index contributed by atoms with van der Waals surface area (Å²) < 4.78 is 42.2. The van der Waals surface area contributed by atoms with Gasteiger partial charge in [0.25, 0.3) is 0 Å². The largest absolute Gasteiger partial charge is 0.433 e. The van der Waals surface area contributed by atoms with Crippen LogP contribution in [0.4, 0.5) is 13.2 Å². The zero-order chi connectivity index (χ0) is 19.6. The molecule has 2 aromatic heterocycles. The van der Waals surface area contributed by atoms with Gasteiger partial charge in [-0.2, -0.15) is 13.2 Å². The van der Waals surface area contributed by atoms with Gasteiger partial charge in [-0.1, -0.05) is 0 Å². The Labute approximate surface area is 152 Å². The molecule has 146 valence electrons. The van der Waals surface area contributed by atoms with Gasteiger partial charge in [-0.15, -0.1) is 0 Å². The summed E-state index contributed by atoms with van der Waals surface area (Å²) in [4.78, 5) is 15.9. The number of aromatic amines is 1. The average Bonchev–Trinajstić information content (AvgIpc) is 2.92. The number of aromatic nitrogens is 2. The fourth-order valence-corrected chi connectivity index (χ4v) is 3.38. The second-order valence-electron chi connectivity index (χ2n) is 6.23. The number of nitrogens with one attached hydrogen (secondary N) is 1. The normalized spacial score (nSPS) is 12.5. The Hall–Kier alpha value is -2.36. The average molecular weight is 383 g/mol. The van der Waals surface area contributed by atoms with E-state index in [-0.39, 0.29) is 30.7 Å². The first-order chi connectivity index (χ1) is 12.9. The van der Waals surface area contributed by atoms with Crippen molar-refractivity contribution in [3.8, 4) is 0 Å². The van der Waals surface area contributed by atoms with E-state index >= 15 is 0 Å². The first-order valence-electron chi connectivity index (χ1n) is 8.51. The Kier molecular flexibility index (Phi) is 5.54. The molecule has 0 radical (unpaired) electrons. The first-order valence-corrected chi connectivity index (χ1v) is 8.51. The molecule has 1 aromatic carbocycles. The highest BCUT2D eigenvalue weighted by Gasteiger charge is 2.35. The Morgan fingerprint density at radius 1 is 1.04 bits per heavy atom. The Morgan fingerprint density at radius 3 is 2.37 bits per heavy atom. The maximum atomic E-state index is 13.6. The van der Waals surface area contributed by atoms with E-state index in [1.54, 1.807) is 11.0 Å². The van der Waals surface area contributed by atoms with Crippen LogP contribution < -0.4 is 5.43 Å².